The van der Waals surface area contributed by atoms with Crippen LogP contribution < -0.4 is 0 Å². The summed E-state index contributed by atoms with van der Waals surface area (Å²) in [5.74, 6) is 0.872. The average Bonchev–Trinajstić information content (AvgIpc) is 2.65. The summed E-state index contributed by atoms with van der Waals surface area (Å²) in [6.45, 7) is 6.69. The number of nitrogens with zero attached hydrogens (tertiary/aromatic N) is 1. The molecule has 1 saturated carbocycles. The molecule has 0 radical (unpaired) electrons. The molecular formula is C14H27NO. The summed E-state index contributed by atoms with van der Waals surface area (Å²) < 4.78 is 0. The van der Waals surface area contributed by atoms with E-state index in [1.165, 1.54) is 38.6 Å². The maximum Gasteiger partial charge on any atom is 0.0774 e. The predicted molar refractivity (Wildman–Crippen MR) is 67.5 cm³/mol. The lowest BCUT2D eigenvalue weighted by atomic mass is 9.77. The van der Waals surface area contributed by atoms with Crippen LogP contribution in [0.25, 0.3) is 0 Å². The van der Waals surface area contributed by atoms with E-state index in [1.807, 2.05) is 0 Å². The largest absolute Gasteiger partial charge is 0.389 e. The highest BCUT2D eigenvalue weighted by atomic mass is 16.3. The lowest BCUT2D eigenvalue weighted by molar-refractivity contribution is -0.0383. The summed E-state index contributed by atoms with van der Waals surface area (Å²) in [7, 11) is 0. The number of rotatable bonds is 3. The lowest BCUT2D eigenvalue weighted by Crippen LogP contribution is -2.46. The highest BCUT2D eigenvalue weighted by Crippen LogP contribution is 2.35. The molecule has 1 aliphatic carbocycles. The fraction of sp³-hybridized carbons (Fsp3) is 1.00. The summed E-state index contributed by atoms with van der Waals surface area (Å²) in [6.07, 6.45) is 8.42. The average molecular weight is 225 g/mol. The van der Waals surface area contributed by atoms with E-state index in [9.17, 15) is 5.11 Å². The van der Waals surface area contributed by atoms with Gasteiger partial charge in [0.05, 0.1) is 5.60 Å². The molecule has 0 aromatic heterocycles. The molecule has 0 aromatic rings. The van der Waals surface area contributed by atoms with Crippen LogP contribution in [-0.2, 0) is 0 Å². The fourth-order valence-electron chi connectivity index (χ4n) is 3.39. The molecular weight excluding hydrogens is 198 g/mol. The van der Waals surface area contributed by atoms with Crippen LogP contribution in [0.2, 0.25) is 0 Å². The zero-order chi connectivity index (χ0) is 11.6. The van der Waals surface area contributed by atoms with Gasteiger partial charge in [0.15, 0.2) is 0 Å². The van der Waals surface area contributed by atoms with Crippen LogP contribution in [0, 0.1) is 5.92 Å². The number of aliphatic hydroxyl groups is 1. The lowest BCUT2D eigenvalue weighted by Gasteiger charge is -2.39. The normalized spacial score (nSPS) is 41.4. The van der Waals surface area contributed by atoms with Gasteiger partial charge in [0.1, 0.15) is 0 Å². The molecule has 2 heteroatoms. The monoisotopic (exact) mass is 225 g/mol. The van der Waals surface area contributed by atoms with E-state index in [4.69, 9.17) is 0 Å². The number of hydrogen-bond donors (Lipinski definition) is 1. The molecule has 1 saturated heterocycles. The van der Waals surface area contributed by atoms with Gasteiger partial charge in [-0.25, -0.2) is 0 Å². The number of hydrogen-bond acceptors (Lipinski definition) is 2. The Morgan fingerprint density at radius 3 is 2.44 bits per heavy atom. The van der Waals surface area contributed by atoms with Gasteiger partial charge in [-0.05, 0) is 57.9 Å². The van der Waals surface area contributed by atoms with Gasteiger partial charge in [-0.2, -0.15) is 0 Å². The van der Waals surface area contributed by atoms with Crippen LogP contribution >= 0.6 is 0 Å². The second kappa shape index (κ2) is 5.05. The molecule has 2 rings (SSSR count). The van der Waals surface area contributed by atoms with Crippen molar-refractivity contribution in [2.24, 2.45) is 5.92 Å². The van der Waals surface area contributed by atoms with Crippen molar-refractivity contribution in [2.75, 3.05) is 13.1 Å². The van der Waals surface area contributed by atoms with Crippen molar-refractivity contribution in [3.05, 3.63) is 0 Å². The van der Waals surface area contributed by atoms with Crippen LogP contribution in [-0.4, -0.2) is 34.7 Å². The molecule has 1 heterocycles. The zero-order valence-corrected chi connectivity index (χ0v) is 10.9. The Hall–Kier alpha value is -0.0800. The van der Waals surface area contributed by atoms with Gasteiger partial charge in [0.2, 0.25) is 0 Å². The van der Waals surface area contributed by atoms with E-state index in [-0.39, 0.29) is 5.60 Å². The van der Waals surface area contributed by atoms with E-state index >= 15 is 0 Å². The topological polar surface area (TPSA) is 23.5 Å². The second-order valence-corrected chi connectivity index (χ2v) is 6.04. The fourth-order valence-corrected chi connectivity index (χ4v) is 3.39. The first-order valence-corrected chi connectivity index (χ1v) is 7.09. The first kappa shape index (κ1) is 12.4. The minimum atomic E-state index is -0.371. The van der Waals surface area contributed by atoms with Crippen molar-refractivity contribution < 1.29 is 5.11 Å². The SMILES string of the molecule is CCC1CCC(O)(CN2CCCC2C)CC1. The number of likely N-dealkylation sites (tertiary alicyclic amines) is 1. The smallest absolute Gasteiger partial charge is 0.0774 e. The van der Waals surface area contributed by atoms with Gasteiger partial charge in [-0.1, -0.05) is 13.3 Å². The molecule has 0 aromatic carbocycles. The Morgan fingerprint density at radius 2 is 1.94 bits per heavy atom. The summed E-state index contributed by atoms with van der Waals surface area (Å²) >= 11 is 0. The molecule has 0 spiro atoms. The molecule has 2 aliphatic rings. The van der Waals surface area contributed by atoms with E-state index in [1.54, 1.807) is 0 Å². The summed E-state index contributed by atoms with van der Waals surface area (Å²) in [5.41, 5.74) is -0.371. The van der Waals surface area contributed by atoms with Crippen molar-refractivity contribution in [2.45, 2.75) is 70.4 Å². The summed E-state index contributed by atoms with van der Waals surface area (Å²) in [5, 5.41) is 10.6. The van der Waals surface area contributed by atoms with Crippen LogP contribution in [0.15, 0.2) is 0 Å². The van der Waals surface area contributed by atoms with Crippen molar-refractivity contribution >= 4 is 0 Å². The third kappa shape index (κ3) is 2.78. The highest BCUT2D eigenvalue weighted by Gasteiger charge is 2.36. The Bertz CT molecular complexity index is 221. The Labute approximate surface area is 100 Å². The minimum Gasteiger partial charge on any atom is -0.389 e. The number of β-amino-alcohol motifs (C(OH)–C–C–N with tert-alkyl or cyclic N) is 1. The summed E-state index contributed by atoms with van der Waals surface area (Å²) in [6, 6.07) is 0.688. The van der Waals surface area contributed by atoms with Crippen molar-refractivity contribution in [3.8, 4) is 0 Å². The molecule has 1 aliphatic heterocycles. The van der Waals surface area contributed by atoms with Crippen LogP contribution in [0.5, 0.6) is 0 Å². The molecule has 1 N–H and O–H groups in total. The molecule has 16 heavy (non-hydrogen) atoms. The molecule has 94 valence electrons. The van der Waals surface area contributed by atoms with Gasteiger partial charge in [-0.3, -0.25) is 4.90 Å². The maximum absolute atomic E-state index is 10.6. The highest BCUT2D eigenvalue weighted by molar-refractivity contribution is 4.90. The van der Waals surface area contributed by atoms with Gasteiger partial charge in [0, 0.05) is 12.6 Å². The van der Waals surface area contributed by atoms with E-state index in [2.05, 4.69) is 18.7 Å². The molecule has 0 bridgehead atoms. The Balaban J connectivity index is 1.84. The third-order valence-corrected chi connectivity index (χ3v) is 4.80. The molecule has 2 nitrogen and oxygen atoms in total. The maximum atomic E-state index is 10.6. The van der Waals surface area contributed by atoms with Crippen molar-refractivity contribution in [3.63, 3.8) is 0 Å². The molecule has 1 unspecified atom stereocenters. The Morgan fingerprint density at radius 1 is 1.25 bits per heavy atom. The molecule has 1 atom stereocenters. The van der Waals surface area contributed by atoms with Crippen LogP contribution in [0.1, 0.15) is 58.8 Å². The van der Waals surface area contributed by atoms with Gasteiger partial charge in [-0.15, -0.1) is 0 Å². The molecule has 0 amide bonds. The molecule has 2 fully saturated rings. The van der Waals surface area contributed by atoms with Crippen molar-refractivity contribution in [1.29, 1.82) is 0 Å². The first-order valence-electron chi connectivity index (χ1n) is 7.09. The Kier molecular flexibility index (Phi) is 3.91. The van der Waals surface area contributed by atoms with E-state index in [0.717, 1.165) is 25.3 Å². The predicted octanol–water partition coefficient (Wildman–Crippen LogP) is 2.80. The standard InChI is InChI=1S/C14H27NO/c1-3-13-6-8-14(16,9-7-13)11-15-10-4-5-12(15)2/h12-13,16H,3-11H2,1-2H3. The van der Waals surface area contributed by atoms with Crippen molar-refractivity contribution in [1.82, 2.24) is 4.90 Å². The second-order valence-electron chi connectivity index (χ2n) is 6.04. The zero-order valence-electron chi connectivity index (χ0n) is 10.9. The van der Waals surface area contributed by atoms with E-state index in [0.29, 0.717) is 6.04 Å². The third-order valence-electron chi connectivity index (χ3n) is 4.80. The van der Waals surface area contributed by atoms with Gasteiger partial charge in [0.25, 0.3) is 0 Å². The quantitative estimate of drug-likeness (QED) is 0.798. The van der Waals surface area contributed by atoms with Gasteiger partial charge >= 0.3 is 0 Å². The van der Waals surface area contributed by atoms with E-state index < -0.39 is 0 Å². The summed E-state index contributed by atoms with van der Waals surface area (Å²) in [4.78, 5) is 2.49. The van der Waals surface area contributed by atoms with Crippen LogP contribution in [0.4, 0.5) is 0 Å². The first-order chi connectivity index (χ1) is 7.63. The van der Waals surface area contributed by atoms with Gasteiger partial charge < -0.3 is 5.11 Å². The minimum absolute atomic E-state index is 0.371. The van der Waals surface area contributed by atoms with Crippen LogP contribution in [0.3, 0.4) is 0 Å².